The van der Waals surface area contributed by atoms with E-state index in [-0.39, 0.29) is 0 Å². The predicted octanol–water partition coefficient (Wildman–Crippen LogP) is 1.14. The molecule has 35 valence electrons. The van der Waals surface area contributed by atoms with E-state index >= 15 is 0 Å². The zero-order valence-electron chi connectivity index (χ0n) is 4.52. The lowest BCUT2D eigenvalue weighted by Gasteiger charge is -1.81. The molecule has 0 heterocycles. The van der Waals surface area contributed by atoms with Gasteiger partial charge in [0.05, 0.1) is 0 Å². The molecule has 0 amide bonds. The van der Waals surface area contributed by atoms with Gasteiger partial charge >= 0.3 is 0 Å². The van der Waals surface area contributed by atoms with Gasteiger partial charge in [0.25, 0.3) is 0 Å². The number of nitrogens with zero attached hydrogens (tertiary/aromatic N) is 1. The van der Waals surface area contributed by atoms with E-state index in [0.29, 0.717) is 0 Å². The van der Waals surface area contributed by atoms with Crippen LogP contribution < -0.4 is 5.32 Å². The molecule has 0 unspecified atom stereocenters. The van der Waals surface area contributed by atoms with Crippen LogP contribution in [-0.4, -0.2) is 7.05 Å². The molecule has 0 aromatic rings. The molecule has 0 aromatic carbocycles. The van der Waals surface area contributed by atoms with E-state index in [4.69, 9.17) is 0 Å². The van der Waals surface area contributed by atoms with Gasteiger partial charge in [-0.3, -0.25) is 5.32 Å². The molecule has 0 aliphatic heterocycles. The number of allylic oxidation sites excluding steroid dienone is 1. The number of rotatable bonds is 1. The van der Waals surface area contributed by atoms with Gasteiger partial charge in [-0.2, -0.15) is 0 Å². The maximum atomic E-state index is 3.77. The second kappa shape index (κ2) is 2.76. The maximum absolute atomic E-state index is 3.77. The summed E-state index contributed by atoms with van der Waals surface area (Å²) >= 11 is 0. The summed E-state index contributed by atoms with van der Waals surface area (Å²) in [5.41, 5.74) is 1.25. The van der Waals surface area contributed by atoms with Crippen LogP contribution in [-0.2, 0) is 0 Å². The molecular formula is C5H10N. The van der Waals surface area contributed by atoms with E-state index in [0.717, 1.165) is 0 Å². The lowest BCUT2D eigenvalue weighted by Crippen LogP contribution is -1.81. The summed E-state index contributed by atoms with van der Waals surface area (Å²) in [7, 11) is 1.77. The molecule has 1 heteroatoms. The molecular weight excluding hydrogens is 74.1 g/mol. The van der Waals surface area contributed by atoms with E-state index < -0.39 is 0 Å². The van der Waals surface area contributed by atoms with Gasteiger partial charge in [-0.1, -0.05) is 5.57 Å². The first kappa shape index (κ1) is 5.54. The topological polar surface area (TPSA) is 14.1 Å². The Morgan fingerprint density at radius 1 is 1.50 bits per heavy atom. The number of hydrogen-bond acceptors (Lipinski definition) is 0. The summed E-state index contributed by atoms with van der Waals surface area (Å²) < 4.78 is 0. The first-order chi connectivity index (χ1) is 2.77. The van der Waals surface area contributed by atoms with E-state index in [2.05, 4.69) is 5.32 Å². The van der Waals surface area contributed by atoms with Crippen molar-refractivity contribution in [2.75, 3.05) is 7.05 Å². The van der Waals surface area contributed by atoms with Crippen molar-refractivity contribution < 1.29 is 0 Å². The summed E-state index contributed by atoms with van der Waals surface area (Å²) in [5.74, 6) is 0. The van der Waals surface area contributed by atoms with Crippen molar-refractivity contribution in [3.8, 4) is 0 Å². The first-order valence-electron chi connectivity index (χ1n) is 1.99. The van der Waals surface area contributed by atoms with Crippen molar-refractivity contribution >= 4 is 0 Å². The Balaban J connectivity index is 3.14. The summed E-state index contributed by atoms with van der Waals surface area (Å²) in [4.78, 5) is 0. The van der Waals surface area contributed by atoms with Crippen molar-refractivity contribution in [1.82, 2.24) is 5.32 Å². The third-order valence-electron chi connectivity index (χ3n) is 0.387. The van der Waals surface area contributed by atoms with Gasteiger partial charge in [-0.25, -0.2) is 0 Å². The Kier molecular flexibility index (Phi) is 2.55. The highest BCUT2D eigenvalue weighted by Crippen LogP contribution is 1.81. The standard InChI is InChI=1S/C5H10N/c1-5(2)4-6-3/h4H,1-3H3. The summed E-state index contributed by atoms with van der Waals surface area (Å²) in [6, 6.07) is 0. The molecule has 0 aliphatic carbocycles. The second-order valence-corrected chi connectivity index (χ2v) is 1.46. The molecule has 0 saturated heterocycles. The van der Waals surface area contributed by atoms with Gasteiger partial charge in [0.1, 0.15) is 0 Å². The van der Waals surface area contributed by atoms with E-state index in [1.54, 1.807) is 7.05 Å². The smallest absolute Gasteiger partial charge is 0.0277 e. The molecule has 0 saturated carbocycles. The maximum Gasteiger partial charge on any atom is 0.0277 e. The summed E-state index contributed by atoms with van der Waals surface area (Å²) in [6.45, 7) is 4.04. The third kappa shape index (κ3) is 3.54. The molecule has 0 bridgehead atoms. The second-order valence-electron chi connectivity index (χ2n) is 1.46. The van der Waals surface area contributed by atoms with Crippen LogP contribution in [0.2, 0.25) is 0 Å². The molecule has 0 N–H and O–H groups in total. The third-order valence-corrected chi connectivity index (χ3v) is 0.387. The van der Waals surface area contributed by atoms with Gasteiger partial charge in [-0.15, -0.1) is 0 Å². The molecule has 0 fully saturated rings. The first-order valence-corrected chi connectivity index (χ1v) is 1.99. The molecule has 0 aliphatic rings. The highest BCUT2D eigenvalue weighted by Gasteiger charge is 1.67. The lowest BCUT2D eigenvalue weighted by atomic mass is 10.4. The number of hydrogen-bond donors (Lipinski definition) is 0. The van der Waals surface area contributed by atoms with Crippen LogP contribution in [0.3, 0.4) is 0 Å². The lowest BCUT2D eigenvalue weighted by molar-refractivity contribution is 1.05. The van der Waals surface area contributed by atoms with E-state index in [9.17, 15) is 0 Å². The van der Waals surface area contributed by atoms with E-state index in [1.165, 1.54) is 5.57 Å². The Hall–Kier alpha value is -0.460. The fourth-order valence-electron chi connectivity index (χ4n) is 0.258. The quantitative estimate of drug-likeness (QED) is 0.452. The summed E-state index contributed by atoms with van der Waals surface area (Å²) in [6.07, 6.45) is 1.83. The van der Waals surface area contributed by atoms with Crippen LogP contribution in [0.5, 0.6) is 0 Å². The molecule has 0 spiro atoms. The van der Waals surface area contributed by atoms with Crippen molar-refractivity contribution in [1.29, 1.82) is 0 Å². The van der Waals surface area contributed by atoms with Gasteiger partial charge in [0.15, 0.2) is 0 Å². The SMILES string of the molecule is C[N]C=C(C)C. The van der Waals surface area contributed by atoms with Crippen molar-refractivity contribution in [2.45, 2.75) is 13.8 Å². The fourth-order valence-corrected chi connectivity index (χ4v) is 0.258. The van der Waals surface area contributed by atoms with Crippen molar-refractivity contribution in [3.63, 3.8) is 0 Å². The van der Waals surface area contributed by atoms with Crippen LogP contribution >= 0.6 is 0 Å². The zero-order valence-corrected chi connectivity index (χ0v) is 4.52. The Bertz CT molecular complexity index is 51.0. The minimum absolute atomic E-state index is 1.25. The Morgan fingerprint density at radius 3 is 2.00 bits per heavy atom. The van der Waals surface area contributed by atoms with Crippen LogP contribution in [0.1, 0.15) is 13.8 Å². The molecule has 0 rings (SSSR count). The molecule has 6 heavy (non-hydrogen) atoms. The Morgan fingerprint density at radius 2 is 2.00 bits per heavy atom. The summed E-state index contributed by atoms with van der Waals surface area (Å²) in [5, 5.41) is 3.77. The van der Waals surface area contributed by atoms with E-state index in [1.807, 2.05) is 20.0 Å². The fraction of sp³-hybridized carbons (Fsp3) is 0.600. The average Bonchev–Trinajstić information content (AvgIpc) is 1.35. The van der Waals surface area contributed by atoms with Gasteiger partial charge < -0.3 is 0 Å². The van der Waals surface area contributed by atoms with Crippen LogP contribution in [0.15, 0.2) is 11.8 Å². The van der Waals surface area contributed by atoms with Crippen LogP contribution in [0.4, 0.5) is 0 Å². The molecule has 0 aromatic heterocycles. The highest BCUT2D eigenvalue weighted by molar-refractivity contribution is 4.89. The minimum atomic E-state index is 1.25. The predicted molar refractivity (Wildman–Crippen MR) is 27.5 cm³/mol. The molecule has 0 atom stereocenters. The van der Waals surface area contributed by atoms with Crippen molar-refractivity contribution in [3.05, 3.63) is 11.8 Å². The Labute approximate surface area is 39.1 Å². The molecule has 1 nitrogen and oxygen atoms in total. The monoisotopic (exact) mass is 84.1 g/mol. The normalized spacial score (nSPS) is 7.17. The van der Waals surface area contributed by atoms with Gasteiger partial charge in [-0.05, 0) is 13.8 Å². The van der Waals surface area contributed by atoms with Gasteiger partial charge in [0.2, 0.25) is 0 Å². The van der Waals surface area contributed by atoms with Crippen LogP contribution in [0.25, 0.3) is 0 Å². The molecule has 1 radical (unpaired) electrons. The largest absolute Gasteiger partial charge is 0.297 e. The minimum Gasteiger partial charge on any atom is -0.297 e. The van der Waals surface area contributed by atoms with Crippen molar-refractivity contribution in [2.24, 2.45) is 0 Å². The van der Waals surface area contributed by atoms with Crippen LogP contribution in [0, 0.1) is 0 Å². The van der Waals surface area contributed by atoms with Gasteiger partial charge in [0, 0.05) is 13.2 Å². The average molecular weight is 84.1 g/mol. The highest BCUT2D eigenvalue weighted by atomic mass is 14.8. The zero-order chi connectivity index (χ0) is 4.99.